The molecule has 3 rings (SSSR count). The van der Waals surface area contributed by atoms with Gasteiger partial charge in [0.2, 0.25) is 35.4 Å². The second-order valence-electron chi connectivity index (χ2n) is 12.8. The van der Waals surface area contributed by atoms with Gasteiger partial charge in [0.25, 0.3) is 0 Å². The molecule has 1 saturated heterocycles. The zero-order chi connectivity index (χ0) is 36.5. The van der Waals surface area contributed by atoms with Gasteiger partial charge >= 0.3 is 0 Å². The van der Waals surface area contributed by atoms with Crippen LogP contribution in [0.4, 0.5) is 0 Å². The summed E-state index contributed by atoms with van der Waals surface area (Å²) in [5.41, 5.74) is 7.24. The lowest BCUT2D eigenvalue weighted by atomic mass is 10.0. The largest absolute Gasteiger partial charge is 0.369 e. The van der Waals surface area contributed by atoms with Gasteiger partial charge in [-0.15, -0.1) is 0 Å². The first-order valence-electron chi connectivity index (χ1n) is 16.9. The number of nitrogens with one attached hydrogen (secondary N) is 5. The van der Waals surface area contributed by atoms with Crippen LogP contribution in [0.2, 0.25) is 0 Å². The van der Waals surface area contributed by atoms with Crippen LogP contribution in [0.25, 0.3) is 0 Å². The van der Waals surface area contributed by atoms with Crippen LogP contribution in [0, 0.1) is 5.92 Å². The van der Waals surface area contributed by atoms with E-state index in [1.165, 1.54) is 11.8 Å². The first-order chi connectivity index (χ1) is 23.9. The van der Waals surface area contributed by atoms with Crippen molar-refractivity contribution in [3.8, 4) is 0 Å². The van der Waals surface area contributed by atoms with E-state index in [2.05, 4.69) is 26.6 Å². The monoisotopic (exact) mass is 710 g/mol. The maximum absolute atomic E-state index is 13.8. The Morgan fingerprint density at radius 3 is 2.04 bits per heavy atom. The van der Waals surface area contributed by atoms with Gasteiger partial charge in [-0.05, 0) is 54.7 Å². The third-order valence-electron chi connectivity index (χ3n) is 8.08. The summed E-state index contributed by atoms with van der Waals surface area (Å²) >= 11 is 1.52. The quantitative estimate of drug-likeness (QED) is 0.110. The van der Waals surface area contributed by atoms with Gasteiger partial charge in [-0.3, -0.25) is 28.8 Å². The molecule has 0 bridgehead atoms. The molecule has 272 valence electrons. The molecule has 0 radical (unpaired) electrons. The Bertz CT molecular complexity index is 1430. The molecule has 0 saturated carbocycles. The molecule has 50 heavy (non-hydrogen) atoms. The molecule has 0 aliphatic carbocycles. The first-order valence-corrected chi connectivity index (χ1v) is 18.3. The smallest absolute Gasteiger partial charge is 0.246 e. The van der Waals surface area contributed by atoms with Gasteiger partial charge < -0.3 is 37.1 Å². The maximum Gasteiger partial charge on any atom is 0.246 e. The molecule has 1 aliphatic rings. The van der Waals surface area contributed by atoms with E-state index in [0.717, 1.165) is 11.1 Å². The molecule has 14 heteroatoms. The summed E-state index contributed by atoms with van der Waals surface area (Å²) in [6.07, 6.45) is 3.77. The van der Waals surface area contributed by atoms with Gasteiger partial charge in [0.1, 0.15) is 30.8 Å². The van der Waals surface area contributed by atoms with Crippen LogP contribution in [0.1, 0.15) is 50.7 Å². The highest BCUT2D eigenvalue weighted by atomic mass is 32.2. The number of benzene rings is 2. The number of thioether (sulfide) groups is 1. The number of hydrogen-bond acceptors (Lipinski definition) is 8. The second-order valence-corrected chi connectivity index (χ2v) is 13.8. The standard InChI is InChI=1S/C36H50N6O7S/c1-23(2)18-29(36(48)41-27(33(37)45)16-17-50-3)40-32(44)22-49-21-26(19-24-10-6-4-7-11-24)38-35(47)30(20-25-12-8-5-9-13-25)42-34(46)28-14-15-31(43)39-28/h4-13,23,26-30H,14-22H2,1-3H3,(H2,37,45)(H,38,47)(H,39,43)(H,40,44)(H,41,48)(H,42,46)/t26-,27-,28-,29-,30-/m0/s1. The molecule has 2 aromatic carbocycles. The summed E-state index contributed by atoms with van der Waals surface area (Å²) in [5, 5.41) is 13.8. The van der Waals surface area contributed by atoms with Crippen LogP contribution in [0.5, 0.6) is 0 Å². The normalized spacial score (nSPS) is 16.4. The van der Waals surface area contributed by atoms with E-state index in [4.69, 9.17) is 10.5 Å². The van der Waals surface area contributed by atoms with Crippen LogP contribution in [0.3, 0.4) is 0 Å². The van der Waals surface area contributed by atoms with E-state index in [-0.39, 0.29) is 37.9 Å². The van der Waals surface area contributed by atoms with Crippen LogP contribution in [0.15, 0.2) is 60.7 Å². The molecule has 5 atom stereocenters. The molecule has 1 aliphatic heterocycles. The number of hydrogen-bond donors (Lipinski definition) is 6. The summed E-state index contributed by atoms with van der Waals surface area (Å²) in [6, 6.07) is 14.7. The molecule has 6 amide bonds. The molecule has 13 nitrogen and oxygen atoms in total. The first kappa shape index (κ1) is 40.0. The van der Waals surface area contributed by atoms with Crippen molar-refractivity contribution in [1.82, 2.24) is 26.6 Å². The van der Waals surface area contributed by atoms with Crippen molar-refractivity contribution in [2.24, 2.45) is 11.7 Å². The average Bonchev–Trinajstić information content (AvgIpc) is 3.52. The highest BCUT2D eigenvalue weighted by Crippen LogP contribution is 2.11. The van der Waals surface area contributed by atoms with Gasteiger partial charge in [0.15, 0.2) is 0 Å². The Morgan fingerprint density at radius 2 is 1.48 bits per heavy atom. The number of carbonyl (C=O) groups is 6. The number of carbonyl (C=O) groups excluding carboxylic acids is 6. The van der Waals surface area contributed by atoms with Gasteiger partial charge in [0.05, 0.1) is 12.6 Å². The molecular formula is C36H50N6O7S. The van der Waals surface area contributed by atoms with Gasteiger partial charge in [0, 0.05) is 12.8 Å². The van der Waals surface area contributed by atoms with Crippen LogP contribution >= 0.6 is 11.8 Å². The molecular weight excluding hydrogens is 660 g/mol. The van der Waals surface area contributed by atoms with Crippen molar-refractivity contribution in [1.29, 1.82) is 0 Å². The Hall–Kier alpha value is -4.43. The fourth-order valence-electron chi connectivity index (χ4n) is 5.52. The van der Waals surface area contributed by atoms with E-state index >= 15 is 0 Å². The van der Waals surface area contributed by atoms with E-state index in [0.29, 0.717) is 31.4 Å². The SMILES string of the molecule is CSCC[C@H](NC(=O)[C@H](CC(C)C)NC(=O)COC[C@H](Cc1ccccc1)NC(=O)[C@H](Cc1ccccc1)NC(=O)[C@@H]1CCC(=O)N1)C(N)=O. The van der Waals surface area contributed by atoms with E-state index in [1.807, 2.05) is 80.8 Å². The van der Waals surface area contributed by atoms with Crippen LogP contribution in [-0.4, -0.2) is 90.9 Å². The Kier molecular flexibility index (Phi) is 16.8. The molecule has 2 aromatic rings. The van der Waals surface area contributed by atoms with Crippen LogP contribution in [-0.2, 0) is 46.3 Å². The third kappa shape index (κ3) is 14.2. The lowest BCUT2D eigenvalue weighted by Crippen LogP contribution is -2.55. The Morgan fingerprint density at radius 1 is 0.860 bits per heavy atom. The minimum absolute atomic E-state index is 0.0434. The van der Waals surface area contributed by atoms with Gasteiger partial charge in [-0.2, -0.15) is 11.8 Å². The number of amides is 6. The maximum atomic E-state index is 13.8. The molecule has 7 N–H and O–H groups in total. The highest BCUT2D eigenvalue weighted by molar-refractivity contribution is 7.98. The summed E-state index contributed by atoms with van der Waals surface area (Å²) in [7, 11) is 0. The predicted molar refractivity (Wildman–Crippen MR) is 192 cm³/mol. The van der Waals surface area contributed by atoms with Crippen LogP contribution < -0.4 is 32.3 Å². The number of nitrogens with two attached hydrogens (primary N) is 1. The Balaban J connectivity index is 1.67. The predicted octanol–water partition coefficient (Wildman–Crippen LogP) is 0.991. The third-order valence-corrected chi connectivity index (χ3v) is 8.72. The summed E-state index contributed by atoms with van der Waals surface area (Å²) in [6.45, 7) is 3.39. The molecule has 0 unspecified atom stereocenters. The number of ether oxygens (including phenoxy) is 1. The number of rotatable bonds is 21. The lowest BCUT2D eigenvalue weighted by molar-refractivity contribution is -0.133. The van der Waals surface area contributed by atoms with E-state index < -0.39 is 59.7 Å². The summed E-state index contributed by atoms with van der Waals surface area (Å²) < 4.78 is 5.79. The van der Waals surface area contributed by atoms with Crippen molar-refractivity contribution < 1.29 is 33.5 Å². The molecule has 1 heterocycles. The lowest BCUT2D eigenvalue weighted by Gasteiger charge is -2.25. The molecule has 0 spiro atoms. The Labute approximate surface area is 298 Å². The summed E-state index contributed by atoms with van der Waals surface area (Å²) in [5.74, 6) is -2.10. The fraction of sp³-hybridized carbons (Fsp3) is 0.500. The molecule has 1 fully saturated rings. The van der Waals surface area contributed by atoms with Gasteiger partial charge in [-0.1, -0.05) is 74.5 Å². The van der Waals surface area contributed by atoms with Crippen molar-refractivity contribution in [2.45, 2.75) is 82.6 Å². The second kappa shape index (κ2) is 20.9. The highest BCUT2D eigenvalue weighted by Gasteiger charge is 2.32. The van der Waals surface area contributed by atoms with Crippen molar-refractivity contribution in [2.75, 3.05) is 25.2 Å². The topological polar surface area (TPSA) is 198 Å². The minimum atomic E-state index is -0.945. The number of primary amides is 1. The van der Waals surface area contributed by atoms with Crippen molar-refractivity contribution in [3.63, 3.8) is 0 Å². The van der Waals surface area contributed by atoms with Gasteiger partial charge in [-0.25, -0.2) is 0 Å². The van der Waals surface area contributed by atoms with E-state index in [9.17, 15) is 28.8 Å². The zero-order valence-corrected chi connectivity index (χ0v) is 29.8. The zero-order valence-electron chi connectivity index (χ0n) is 28.9. The van der Waals surface area contributed by atoms with Crippen molar-refractivity contribution in [3.05, 3.63) is 71.8 Å². The molecule has 0 aromatic heterocycles. The fourth-order valence-corrected chi connectivity index (χ4v) is 5.99. The minimum Gasteiger partial charge on any atom is -0.369 e. The van der Waals surface area contributed by atoms with Crippen molar-refractivity contribution >= 4 is 47.2 Å². The average molecular weight is 711 g/mol. The van der Waals surface area contributed by atoms with E-state index in [1.54, 1.807) is 0 Å². The summed E-state index contributed by atoms with van der Waals surface area (Å²) in [4.78, 5) is 76.5.